The van der Waals surface area contributed by atoms with Crippen molar-refractivity contribution in [2.45, 2.75) is 70.7 Å². The predicted octanol–water partition coefficient (Wildman–Crippen LogP) is 3.79. The number of imidazole rings is 2. The van der Waals surface area contributed by atoms with Crippen LogP contribution in [-0.4, -0.2) is 74.8 Å². The van der Waals surface area contributed by atoms with E-state index in [9.17, 15) is 8.42 Å². The number of H-pyrrole nitrogens is 1. The molecule has 0 amide bonds. The highest BCUT2D eigenvalue weighted by Crippen LogP contribution is 2.24. The van der Waals surface area contributed by atoms with Crippen molar-refractivity contribution in [1.29, 1.82) is 0 Å². The molecule has 208 valence electrons. The maximum atomic E-state index is 13.4. The van der Waals surface area contributed by atoms with Gasteiger partial charge < -0.3 is 14.5 Å². The van der Waals surface area contributed by atoms with Crippen molar-refractivity contribution in [3.63, 3.8) is 0 Å². The minimum absolute atomic E-state index is 0.0483. The van der Waals surface area contributed by atoms with Crippen LogP contribution >= 0.6 is 0 Å². The third kappa shape index (κ3) is 7.31. The Kier molecular flexibility index (Phi) is 10.1. The van der Waals surface area contributed by atoms with Gasteiger partial charge in [0.1, 0.15) is 5.82 Å². The zero-order chi connectivity index (χ0) is 27.0. The summed E-state index contributed by atoms with van der Waals surface area (Å²) in [6.07, 6.45) is 12.4. The Bertz CT molecular complexity index is 1230. The number of nitrogens with zero attached hydrogens (tertiary/aromatic N) is 6. The first-order valence-corrected chi connectivity index (χ1v) is 15.4. The van der Waals surface area contributed by atoms with E-state index in [2.05, 4.69) is 56.8 Å². The van der Waals surface area contributed by atoms with E-state index in [1.54, 1.807) is 6.20 Å². The lowest BCUT2D eigenvalue weighted by atomic mass is 9.97. The summed E-state index contributed by atoms with van der Waals surface area (Å²) in [6.45, 7) is 11.7. The normalized spacial score (nSPS) is 14.4. The van der Waals surface area contributed by atoms with Crippen LogP contribution in [0.3, 0.4) is 0 Å². The Morgan fingerprint density at radius 3 is 2.50 bits per heavy atom. The molecule has 0 saturated heterocycles. The summed E-state index contributed by atoms with van der Waals surface area (Å²) in [5.41, 5.74) is 3.65. The zero-order valence-corrected chi connectivity index (χ0v) is 24.0. The van der Waals surface area contributed by atoms with E-state index in [0.29, 0.717) is 5.82 Å². The first-order valence-electron chi connectivity index (χ1n) is 13.9. The second-order valence-electron chi connectivity index (χ2n) is 10.3. The van der Waals surface area contributed by atoms with E-state index in [4.69, 9.17) is 0 Å². The molecule has 38 heavy (non-hydrogen) atoms. The smallest absolute Gasteiger partial charge is 0.277 e. The van der Waals surface area contributed by atoms with Crippen LogP contribution in [0.2, 0.25) is 0 Å². The van der Waals surface area contributed by atoms with Gasteiger partial charge in [0.05, 0.1) is 6.54 Å². The lowest BCUT2D eigenvalue weighted by Crippen LogP contribution is -2.33. The maximum absolute atomic E-state index is 13.4. The molecule has 10 heteroatoms. The van der Waals surface area contributed by atoms with Gasteiger partial charge in [0.15, 0.2) is 0 Å². The van der Waals surface area contributed by atoms with E-state index in [1.165, 1.54) is 73.1 Å². The Morgan fingerprint density at radius 1 is 1.00 bits per heavy atom. The summed E-state index contributed by atoms with van der Waals surface area (Å²) in [5.74, 6) is 0.682. The van der Waals surface area contributed by atoms with Crippen molar-refractivity contribution in [3.05, 3.63) is 65.5 Å². The van der Waals surface area contributed by atoms with Gasteiger partial charge in [-0.15, -0.1) is 0 Å². The van der Waals surface area contributed by atoms with Gasteiger partial charge in [0.25, 0.3) is 10.0 Å². The molecule has 0 fully saturated rings. The number of sulfonamides is 1. The van der Waals surface area contributed by atoms with Crippen molar-refractivity contribution in [1.82, 2.24) is 33.6 Å². The quantitative estimate of drug-likeness (QED) is 0.295. The average Bonchev–Trinajstić information content (AvgIpc) is 3.59. The summed E-state index contributed by atoms with van der Waals surface area (Å²) in [6, 6.07) is 6.43. The van der Waals surface area contributed by atoms with Crippen LogP contribution in [0.5, 0.6) is 0 Å². The van der Waals surface area contributed by atoms with Gasteiger partial charge >= 0.3 is 0 Å². The third-order valence-electron chi connectivity index (χ3n) is 7.30. The van der Waals surface area contributed by atoms with Crippen LogP contribution < -0.4 is 0 Å². The summed E-state index contributed by atoms with van der Waals surface area (Å²) >= 11 is 0. The molecule has 1 aliphatic rings. The fourth-order valence-corrected chi connectivity index (χ4v) is 6.50. The van der Waals surface area contributed by atoms with Crippen LogP contribution in [0.15, 0.2) is 48.1 Å². The number of rotatable bonds is 15. The number of aromatic amines is 1. The van der Waals surface area contributed by atoms with Crippen molar-refractivity contribution in [2.24, 2.45) is 7.05 Å². The Balaban J connectivity index is 1.38. The Hall–Kier alpha value is -2.53. The minimum Gasteiger partial charge on any atom is -0.337 e. The van der Waals surface area contributed by atoms with Gasteiger partial charge in [-0.2, -0.15) is 4.31 Å². The van der Waals surface area contributed by atoms with E-state index < -0.39 is 10.0 Å². The molecule has 3 heterocycles. The van der Waals surface area contributed by atoms with Gasteiger partial charge in [-0.25, -0.2) is 18.4 Å². The SMILES string of the molecule is CCCN(CCC)CCCCN1CCc2cc(CN(Cc3nccn3C)S(=O)(=O)c3ncc[nH]3)ccc2C1. The fraction of sp³-hybridized carbons (Fsp3) is 0.571. The van der Waals surface area contributed by atoms with Gasteiger partial charge in [0.2, 0.25) is 5.16 Å². The topological polar surface area (TPSA) is 90.4 Å². The number of nitrogens with one attached hydrogen (secondary N) is 1. The molecule has 9 nitrogen and oxygen atoms in total. The highest BCUT2D eigenvalue weighted by Gasteiger charge is 2.29. The Morgan fingerprint density at radius 2 is 1.82 bits per heavy atom. The molecule has 0 spiro atoms. The summed E-state index contributed by atoms with van der Waals surface area (Å²) in [7, 11) is -1.93. The summed E-state index contributed by atoms with van der Waals surface area (Å²) in [5, 5.41) is -0.0483. The average molecular weight is 542 g/mol. The zero-order valence-electron chi connectivity index (χ0n) is 23.1. The standard InChI is InChI=1S/C28H43N7O2S/c1-4-14-33(15-5-2)16-6-7-17-34-18-10-25-20-24(8-9-26(25)22-34)21-35(23-27-29-13-19-32(27)3)38(36,37)28-30-11-12-31-28/h8-9,11-13,19-20H,4-7,10,14-18,21-23H2,1-3H3,(H,30,31). The van der Waals surface area contributed by atoms with Crippen LogP contribution in [0.1, 0.15) is 62.0 Å². The van der Waals surface area contributed by atoms with Gasteiger partial charge in [-0.05, 0) is 75.0 Å². The number of aromatic nitrogens is 4. The second-order valence-corrected chi connectivity index (χ2v) is 12.2. The van der Waals surface area contributed by atoms with Crippen molar-refractivity contribution >= 4 is 10.0 Å². The number of aryl methyl sites for hydroxylation is 1. The number of unbranched alkanes of at least 4 members (excludes halogenated alkanes) is 1. The van der Waals surface area contributed by atoms with E-state index >= 15 is 0 Å². The van der Waals surface area contributed by atoms with E-state index in [-0.39, 0.29) is 18.2 Å². The minimum atomic E-state index is -3.80. The van der Waals surface area contributed by atoms with Crippen LogP contribution in [0.25, 0.3) is 0 Å². The van der Waals surface area contributed by atoms with Crippen LogP contribution in [0, 0.1) is 0 Å². The van der Waals surface area contributed by atoms with Gasteiger partial charge in [-0.3, -0.25) is 4.90 Å². The van der Waals surface area contributed by atoms with Crippen LogP contribution in [-0.2, 0) is 43.1 Å². The largest absolute Gasteiger partial charge is 0.337 e. The van der Waals surface area contributed by atoms with Gasteiger partial charge in [-0.1, -0.05) is 32.0 Å². The first kappa shape index (κ1) is 28.5. The van der Waals surface area contributed by atoms with Crippen molar-refractivity contribution in [2.75, 3.05) is 32.7 Å². The molecule has 1 N–H and O–H groups in total. The number of fused-ring (bicyclic) bond motifs is 1. The third-order valence-corrected chi connectivity index (χ3v) is 8.95. The number of hydrogen-bond acceptors (Lipinski definition) is 6. The van der Waals surface area contributed by atoms with Gasteiger partial charge in [0, 0.05) is 51.5 Å². The van der Waals surface area contributed by atoms with Crippen LogP contribution in [0.4, 0.5) is 0 Å². The second kappa shape index (κ2) is 13.5. The highest BCUT2D eigenvalue weighted by atomic mass is 32.2. The summed E-state index contributed by atoms with van der Waals surface area (Å²) in [4.78, 5) is 16.3. The number of benzene rings is 1. The number of hydrogen-bond donors (Lipinski definition) is 1. The first-order chi connectivity index (χ1) is 18.4. The molecule has 2 aromatic heterocycles. The fourth-order valence-electron chi connectivity index (χ4n) is 5.24. The molecule has 0 bridgehead atoms. The molecule has 4 rings (SSSR count). The molecule has 1 aliphatic heterocycles. The molecule has 0 radical (unpaired) electrons. The molecular formula is C28H43N7O2S. The predicted molar refractivity (Wildman–Crippen MR) is 150 cm³/mol. The van der Waals surface area contributed by atoms with Crippen molar-refractivity contribution < 1.29 is 8.42 Å². The monoisotopic (exact) mass is 541 g/mol. The van der Waals surface area contributed by atoms with Crippen molar-refractivity contribution in [3.8, 4) is 0 Å². The molecule has 0 atom stereocenters. The molecular weight excluding hydrogens is 498 g/mol. The Labute approximate surface area is 227 Å². The lowest BCUT2D eigenvalue weighted by Gasteiger charge is -2.30. The molecule has 1 aromatic carbocycles. The van der Waals surface area contributed by atoms with E-state index in [1.807, 2.05) is 17.8 Å². The molecule has 0 aliphatic carbocycles. The molecule has 0 saturated carbocycles. The van der Waals surface area contributed by atoms with E-state index in [0.717, 1.165) is 31.6 Å². The summed E-state index contributed by atoms with van der Waals surface area (Å²) < 4.78 is 30.1. The highest BCUT2D eigenvalue weighted by molar-refractivity contribution is 7.88. The lowest BCUT2D eigenvalue weighted by molar-refractivity contribution is 0.230. The molecule has 3 aromatic rings. The maximum Gasteiger partial charge on any atom is 0.277 e. The molecule has 0 unspecified atom stereocenters.